The number of carbonyl (C=O) groups is 1. The van der Waals surface area contributed by atoms with Crippen LogP contribution in [0.15, 0.2) is 18.2 Å². The van der Waals surface area contributed by atoms with Gasteiger partial charge in [0.25, 0.3) is 0 Å². The molecule has 0 aliphatic heterocycles. The highest BCUT2D eigenvalue weighted by atomic mass is 35.5. The molecule has 0 saturated carbocycles. The van der Waals surface area contributed by atoms with Crippen molar-refractivity contribution >= 4 is 17.4 Å². The van der Waals surface area contributed by atoms with Crippen molar-refractivity contribution in [1.82, 2.24) is 0 Å². The minimum absolute atomic E-state index is 0.0507. The zero-order valence-corrected chi connectivity index (χ0v) is 8.88. The molecule has 0 amide bonds. The van der Waals surface area contributed by atoms with Crippen LogP contribution in [0.3, 0.4) is 0 Å². The van der Waals surface area contributed by atoms with Crippen molar-refractivity contribution < 1.29 is 9.18 Å². The lowest BCUT2D eigenvalue weighted by molar-refractivity contribution is 0.0928. The van der Waals surface area contributed by atoms with E-state index in [0.29, 0.717) is 5.02 Å². The predicted molar refractivity (Wildman–Crippen MR) is 55.1 cm³/mol. The molecule has 0 radical (unpaired) electrons. The summed E-state index contributed by atoms with van der Waals surface area (Å²) >= 11 is 5.66. The molecule has 1 aromatic carbocycles. The molecular weight excluding hydrogens is 217 g/mol. The van der Waals surface area contributed by atoms with Gasteiger partial charge in [0.2, 0.25) is 0 Å². The van der Waals surface area contributed by atoms with Crippen molar-refractivity contribution in [2.45, 2.75) is 13.3 Å². The van der Waals surface area contributed by atoms with E-state index >= 15 is 0 Å². The van der Waals surface area contributed by atoms with E-state index in [9.17, 15) is 9.18 Å². The molecule has 2 nitrogen and oxygen atoms in total. The van der Waals surface area contributed by atoms with Crippen LogP contribution in [0.4, 0.5) is 4.39 Å². The van der Waals surface area contributed by atoms with E-state index in [2.05, 4.69) is 0 Å². The van der Waals surface area contributed by atoms with Gasteiger partial charge in [0.1, 0.15) is 5.82 Å². The van der Waals surface area contributed by atoms with Gasteiger partial charge >= 0.3 is 0 Å². The van der Waals surface area contributed by atoms with E-state index in [4.69, 9.17) is 16.9 Å². The maximum atomic E-state index is 13.3. The van der Waals surface area contributed by atoms with Gasteiger partial charge in [-0.25, -0.2) is 4.39 Å². The van der Waals surface area contributed by atoms with Crippen molar-refractivity contribution in [3.05, 3.63) is 34.6 Å². The molecule has 0 N–H and O–H groups in total. The van der Waals surface area contributed by atoms with E-state index in [1.807, 2.05) is 6.07 Å². The fourth-order valence-electron chi connectivity index (χ4n) is 1.18. The maximum absolute atomic E-state index is 13.3. The van der Waals surface area contributed by atoms with Crippen LogP contribution in [0.2, 0.25) is 5.02 Å². The van der Waals surface area contributed by atoms with E-state index in [0.717, 1.165) is 6.07 Å². The second kappa shape index (κ2) is 4.90. The summed E-state index contributed by atoms with van der Waals surface area (Å²) in [5, 5.41) is 8.74. The average molecular weight is 226 g/mol. The molecule has 0 heterocycles. The molecular formula is C11H9ClFNO. The molecule has 0 spiro atoms. The molecule has 78 valence electrons. The van der Waals surface area contributed by atoms with Gasteiger partial charge in [0.15, 0.2) is 5.78 Å². The second-order valence-electron chi connectivity index (χ2n) is 3.25. The molecule has 1 atom stereocenters. The maximum Gasteiger partial charge on any atom is 0.169 e. The first kappa shape index (κ1) is 11.7. The third-order valence-electron chi connectivity index (χ3n) is 2.04. The molecule has 4 heteroatoms. The average Bonchev–Trinajstić information content (AvgIpc) is 2.21. The predicted octanol–water partition coefficient (Wildman–Crippen LogP) is 3.21. The van der Waals surface area contributed by atoms with Crippen LogP contribution in [0.25, 0.3) is 0 Å². The Hall–Kier alpha value is -1.40. The van der Waals surface area contributed by atoms with Gasteiger partial charge in [-0.1, -0.05) is 18.5 Å². The quantitative estimate of drug-likeness (QED) is 0.741. The van der Waals surface area contributed by atoms with Gasteiger partial charge in [0.05, 0.1) is 11.6 Å². The molecule has 0 aliphatic carbocycles. The summed E-state index contributed by atoms with van der Waals surface area (Å²) in [5.74, 6) is -1.51. The second-order valence-corrected chi connectivity index (χ2v) is 3.69. The van der Waals surface area contributed by atoms with Gasteiger partial charge in [-0.05, 0) is 18.2 Å². The molecule has 0 aromatic heterocycles. The normalized spacial score (nSPS) is 11.9. The fraction of sp³-hybridized carbons (Fsp3) is 0.273. The molecule has 1 unspecified atom stereocenters. The van der Waals surface area contributed by atoms with Crippen LogP contribution in [0.5, 0.6) is 0 Å². The van der Waals surface area contributed by atoms with Gasteiger partial charge in [0, 0.05) is 17.4 Å². The molecule has 0 saturated heterocycles. The highest BCUT2D eigenvalue weighted by molar-refractivity contribution is 6.31. The highest BCUT2D eigenvalue weighted by Crippen LogP contribution is 2.19. The summed E-state index contributed by atoms with van der Waals surface area (Å²) < 4.78 is 13.3. The SMILES string of the molecule is CC(CC#N)C(=O)c1cc(Cl)ccc1F. The van der Waals surface area contributed by atoms with Gasteiger partial charge in [-0.3, -0.25) is 4.79 Å². The van der Waals surface area contributed by atoms with Crippen LogP contribution < -0.4 is 0 Å². The standard InChI is InChI=1S/C11H9ClFNO/c1-7(4-5-14)11(15)9-6-8(12)2-3-10(9)13/h2-3,6-7H,4H2,1H3. The van der Waals surface area contributed by atoms with Crippen LogP contribution in [0.1, 0.15) is 23.7 Å². The zero-order chi connectivity index (χ0) is 11.4. The minimum atomic E-state index is -0.603. The molecule has 0 bridgehead atoms. The lowest BCUT2D eigenvalue weighted by Gasteiger charge is -2.07. The molecule has 1 rings (SSSR count). The largest absolute Gasteiger partial charge is 0.294 e. The van der Waals surface area contributed by atoms with Crippen LogP contribution in [0, 0.1) is 23.1 Å². The topological polar surface area (TPSA) is 40.9 Å². The number of Topliss-reactive ketones (excluding diaryl/α,β-unsaturated/α-hetero) is 1. The van der Waals surface area contributed by atoms with Gasteiger partial charge < -0.3 is 0 Å². The fourth-order valence-corrected chi connectivity index (χ4v) is 1.35. The number of nitriles is 1. The first-order valence-electron chi connectivity index (χ1n) is 4.42. The highest BCUT2D eigenvalue weighted by Gasteiger charge is 2.18. The monoisotopic (exact) mass is 225 g/mol. The zero-order valence-electron chi connectivity index (χ0n) is 8.13. The third kappa shape index (κ3) is 2.77. The first-order chi connectivity index (χ1) is 7.06. The van der Waals surface area contributed by atoms with Crippen molar-refractivity contribution in [2.24, 2.45) is 5.92 Å². The Bertz CT molecular complexity index is 425. The van der Waals surface area contributed by atoms with E-state index in [1.165, 1.54) is 12.1 Å². The van der Waals surface area contributed by atoms with Crippen molar-refractivity contribution in [1.29, 1.82) is 5.26 Å². The Labute approximate surface area is 92.3 Å². The number of halogens is 2. The number of hydrogen-bond acceptors (Lipinski definition) is 2. The summed E-state index contributed by atoms with van der Waals surface area (Å²) in [4.78, 5) is 11.7. The van der Waals surface area contributed by atoms with Crippen LogP contribution in [-0.4, -0.2) is 5.78 Å². The van der Waals surface area contributed by atoms with Crippen molar-refractivity contribution in [2.75, 3.05) is 0 Å². The van der Waals surface area contributed by atoms with E-state index in [1.54, 1.807) is 6.92 Å². The van der Waals surface area contributed by atoms with Crippen LogP contribution >= 0.6 is 11.6 Å². The van der Waals surface area contributed by atoms with E-state index < -0.39 is 17.5 Å². The van der Waals surface area contributed by atoms with Crippen molar-refractivity contribution in [3.8, 4) is 6.07 Å². The lowest BCUT2D eigenvalue weighted by atomic mass is 9.97. The van der Waals surface area contributed by atoms with Crippen molar-refractivity contribution in [3.63, 3.8) is 0 Å². The molecule has 0 aliphatic rings. The summed E-state index contributed by atoms with van der Waals surface area (Å²) in [6.45, 7) is 1.59. The van der Waals surface area contributed by atoms with Crippen LogP contribution in [-0.2, 0) is 0 Å². The number of hydrogen-bond donors (Lipinski definition) is 0. The number of rotatable bonds is 3. The smallest absolute Gasteiger partial charge is 0.169 e. The first-order valence-corrected chi connectivity index (χ1v) is 4.80. The minimum Gasteiger partial charge on any atom is -0.294 e. The lowest BCUT2D eigenvalue weighted by Crippen LogP contribution is -2.12. The third-order valence-corrected chi connectivity index (χ3v) is 2.27. The Morgan fingerprint density at radius 1 is 1.67 bits per heavy atom. The summed E-state index contributed by atoms with van der Waals surface area (Å²) in [6.07, 6.45) is 0.0742. The number of benzene rings is 1. The Balaban J connectivity index is 3.01. The Morgan fingerprint density at radius 3 is 2.93 bits per heavy atom. The molecule has 1 aromatic rings. The summed E-state index contributed by atoms with van der Waals surface area (Å²) in [6, 6.07) is 5.69. The van der Waals surface area contributed by atoms with Gasteiger partial charge in [-0.15, -0.1) is 0 Å². The van der Waals surface area contributed by atoms with Gasteiger partial charge in [-0.2, -0.15) is 5.26 Å². The summed E-state index contributed by atoms with van der Waals surface area (Å²) in [7, 11) is 0. The number of nitrogens with zero attached hydrogens (tertiary/aromatic N) is 1. The van der Waals surface area contributed by atoms with E-state index in [-0.39, 0.29) is 12.0 Å². The Kier molecular flexibility index (Phi) is 3.81. The Morgan fingerprint density at radius 2 is 2.33 bits per heavy atom. The summed E-state index contributed by atoms with van der Waals surface area (Å²) in [5.41, 5.74) is -0.0507. The number of ketones is 1. The molecule has 0 fully saturated rings. The molecule has 15 heavy (non-hydrogen) atoms. The number of carbonyl (C=O) groups excluding carboxylic acids is 1.